The molecule has 0 saturated heterocycles. The van der Waals surface area contributed by atoms with Gasteiger partial charge < -0.3 is 9.84 Å². The van der Waals surface area contributed by atoms with Gasteiger partial charge in [0.1, 0.15) is 10.6 Å². The van der Waals surface area contributed by atoms with Crippen molar-refractivity contribution in [3.63, 3.8) is 0 Å². The summed E-state index contributed by atoms with van der Waals surface area (Å²) in [7, 11) is -3.04. The topological polar surface area (TPSA) is 105 Å². The van der Waals surface area contributed by atoms with Crippen molar-refractivity contribution in [1.82, 2.24) is 10.3 Å². The van der Waals surface area contributed by atoms with Crippen LogP contribution >= 0.6 is 11.6 Å². The number of aryl methyl sites for hydroxylation is 1. The number of hydrazine groups is 1. The van der Waals surface area contributed by atoms with Crippen LogP contribution in [0.4, 0.5) is 4.79 Å². The third-order valence-corrected chi connectivity index (χ3v) is 4.22. The first-order valence-electron chi connectivity index (χ1n) is 5.05. The van der Waals surface area contributed by atoms with Crippen molar-refractivity contribution in [3.05, 3.63) is 22.2 Å². The molecular formula is C10H13ClN2O5S. The molecule has 0 fully saturated rings. The molecule has 106 valence electrons. The molecule has 3 N–H and O–H groups in total. The Morgan fingerprint density at radius 2 is 2.00 bits per heavy atom. The molecule has 0 saturated carbocycles. The van der Waals surface area contributed by atoms with E-state index in [1.54, 1.807) is 11.8 Å². The monoisotopic (exact) mass is 308 g/mol. The number of benzene rings is 1. The summed E-state index contributed by atoms with van der Waals surface area (Å²) < 4.78 is 28.2. The number of carbonyl (C=O) groups is 1. The largest absolute Gasteiger partial charge is 0.507 e. The van der Waals surface area contributed by atoms with E-state index >= 15 is 0 Å². The highest BCUT2D eigenvalue weighted by molar-refractivity contribution is 7.89. The Morgan fingerprint density at radius 3 is 2.53 bits per heavy atom. The molecule has 0 heterocycles. The zero-order valence-electron chi connectivity index (χ0n) is 10.4. The number of halogens is 1. The fourth-order valence-electron chi connectivity index (χ4n) is 1.45. The second-order valence-electron chi connectivity index (χ2n) is 3.70. The van der Waals surface area contributed by atoms with E-state index in [-0.39, 0.29) is 21.2 Å². The first-order chi connectivity index (χ1) is 8.70. The lowest BCUT2D eigenvalue weighted by Crippen LogP contribution is -2.41. The van der Waals surface area contributed by atoms with E-state index in [2.05, 4.69) is 4.74 Å². The van der Waals surface area contributed by atoms with E-state index in [0.29, 0.717) is 5.56 Å². The van der Waals surface area contributed by atoms with Gasteiger partial charge in [-0.05, 0) is 25.5 Å². The van der Waals surface area contributed by atoms with Crippen LogP contribution in [0, 0.1) is 13.8 Å². The van der Waals surface area contributed by atoms with Crippen LogP contribution in [0.15, 0.2) is 11.0 Å². The molecular weight excluding hydrogens is 296 g/mol. The summed E-state index contributed by atoms with van der Waals surface area (Å²) in [5.41, 5.74) is 2.35. The Bertz CT molecular complexity index is 615. The average Bonchev–Trinajstić information content (AvgIpc) is 2.33. The molecule has 9 heteroatoms. The minimum Gasteiger partial charge on any atom is -0.507 e. The molecule has 0 unspecified atom stereocenters. The molecule has 0 radical (unpaired) electrons. The molecule has 1 amide bonds. The molecule has 0 atom stereocenters. The summed E-state index contributed by atoms with van der Waals surface area (Å²) in [6.07, 6.45) is -0.978. The first kappa shape index (κ1) is 15.5. The van der Waals surface area contributed by atoms with E-state index in [1.807, 2.05) is 5.43 Å². The number of hydrogen-bond acceptors (Lipinski definition) is 5. The van der Waals surface area contributed by atoms with Gasteiger partial charge in [-0.15, -0.1) is 4.83 Å². The number of nitrogens with one attached hydrogen (secondary N) is 2. The van der Waals surface area contributed by atoms with Crippen molar-refractivity contribution in [2.24, 2.45) is 0 Å². The number of phenolic OH excluding ortho intramolecular Hbond substituents is 1. The van der Waals surface area contributed by atoms with E-state index in [1.165, 1.54) is 13.0 Å². The number of phenols is 1. The van der Waals surface area contributed by atoms with E-state index in [0.717, 1.165) is 7.11 Å². The second kappa shape index (κ2) is 5.64. The third-order valence-electron chi connectivity index (χ3n) is 2.37. The van der Waals surface area contributed by atoms with Crippen LogP contribution in [-0.2, 0) is 14.8 Å². The Kier molecular flexibility index (Phi) is 4.61. The zero-order chi connectivity index (χ0) is 14.8. The normalized spacial score (nSPS) is 11.2. The summed E-state index contributed by atoms with van der Waals surface area (Å²) >= 11 is 5.87. The second-order valence-corrected chi connectivity index (χ2v) is 5.73. The highest BCUT2D eigenvalue weighted by Gasteiger charge is 2.24. The summed E-state index contributed by atoms with van der Waals surface area (Å²) in [6.45, 7) is 2.99. The van der Waals surface area contributed by atoms with Gasteiger partial charge in [-0.2, -0.15) is 0 Å². The van der Waals surface area contributed by atoms with Crippen molar-refractivity contribution < 1.29 is 23.1 Å². The fourth-order valence-corrected chi connectivity index (χ4v) is 3.19. The minimum absolute atomic E-state index is 0.0630. The van der Waals surface area contributed by atoms with E-state index < -0.39 is 16.1 Å². The summed E-state index contributed by atoms with van der Waals surface area (Å²) in [4.78, 5) is 12.3. The van der Waals surface area contributed by atoms with Crippen molar-refractivity contribution in [2.45, 2.75) is 18.7 Å². The maximum absolute atomic E-state index is 12.0. The molecule has 0 aliphatic heterocycles. The molecule has 1 aromatic rings. The standard InChI is InChI=1S/C10H13ClN2O5S/c1-5-4-7(11)9(6(2)8(5)14)19(16,17)13-12-10(15)18-3/h4,13-14H,1-3H3,(H,12,15). The molecule has 0 spiro atoms. The number of aromatic hydroxyl groups is 1. The van der Waals surface area contributed by atoms with Gasteiger partial charge in [0.25, 0.3) is 10.0 Å². The molecule has 0 aliphatic rings. The Labute approximate surface area is 115 Å². The lowest BCUT2D eigenvalue weighted by molar-refractivity contribution is 0.169. The summed E-state index contributed by atoms with van der Waals surface area (Å²) in [6, 6.07) is 1.32. The first-order valence-corrected chi connectivity index (χ1v) is 6.91. The van der Waals surface area contributed by atoms with Crippen molar-refractivity contribution in [1.29, 1.82) is 0 Å². The lowest BCUT2D eigenvalue weighted by Gasteiger charge is -2.13. The third kappa shape index (κ3) is 3.28. The Balaban J connectivity index is 3.22. The number of sulfonamides is 1. The van der Waals surface area contributed by atoms with Crippen LogP contribution in [0.1, 0.15) is 11.1 Å². The smallest absolute Gasteiger partial charge is 0.422 e. The van der Waals surface area contributed by atoms with Gasteiger partial charge in [0.2, 0.25) is 0 Å². The van der Waals surface area contributed by atoms with E-state index in [4.69, 9.17) is 11.6 Å². The van der Waals surface area contributed by atoms with Crippen LogP contribution in [-0.4, -0.2) is 26.7 Å². The quantitative estimate of drug-likeness (QED) is 0.728. The van der Waals surface area contributed by atoms with Crippen molar-refractivity contribution in [2.75, 3.05) is 7.11 Å². The maximum atomic E-state index is 12.0. The van der Waals surface area contributed by atoms with Gasteiger partial charge in [0.05, 0.1) is 12.1 Å². The van der Waals surface area contributed by atoms with Crippen LogP contribution in [0.5, 0.6) is 5.75 Å². The molecule has 0 aromatic heterocycles. The zero-order valence-corrected chi connectivity index (χ0v) is 12.0. The summed E-state index contributed by atoms with van der Waals surface area (Å²) in [5, 5.41) is 9.67. The van der Waals surface area contributed by atoms with Crippen molar-refractivity contribution in [3.8, 4) is 5.75 Å². The predicted molar refractivity (Wildman–Crippen MR) is 68.5 cm³/mol. The number of carbonyl (C=O) groups excluding carboxylic acids is 1. The van der Waals surface area contributed by atoms with Gasteiger partial charge in [-0.25, -0.2) is 18.6 Å². The molecule has 1 rings (SSSR count). The van der Waals surface area contributed by atoms with Gasteiger partial charge in [0.15, 0.2) is 0 Å². The number of methoxy groups -OCH3 is 1. The minimum atomic E-state index is -4.12. The van der Waals surface area contributed by atoms with E-state index in [9.17, 15) is 18.3 Å². The Morgan fingerprint density at radius 1 is 1.42 bits per heavy atom. The predicted octanol–water partition coefficient (Wildman–Crippen LogP) is 1.21. The molecule has 1 aromatic carbocycles. The van der Waals surface area contributed by atoms with Gasteiger partial charge in [-0.1, -0.05) is 11.6 Å². The lowest BCUT2D eigenvalue weighted by atomic mass is 10.1. The highest BCUT2D eigenvalue weighted by atomic mass is 35.5. The highest BCUT2D eigenvalue weighted by Crippen LogP contribution is 2.33. The van der Waals surface area contributed by atoms with Gasteiger partial charge >= 0.3 is 6.09 Å². The van der Waals surface area contributed by atoms with Gasteiger partial charge in [-0.3, -0.25) is 0 Å². The molecule has 0 aliphatic carbocycles. The number of ether oxygens (including phenoxy) is 1. The Hall–Kier alpha value is -1.51. The summed E-state index contributed by atoms with van der Waals surface area (Å²) in [5.74, 6) is -0.178. The fraction of sp³-hybridized carbons (Fsp3) is 0.300. The SMILES string of the molecule is COC(=O)NNS(=O)(=O)c1c(Cl)cc(C)c(O)c1C. The van der Waals surface area contributed by atoms with Crippen LogP contribution in [0.3, 0.4) is 0 Å². The van der Waals surface area contributed by atoms with Crippen LogP contribution in [0.25, 0.3) is 0 Å². The molecule has 7 nitrogen and oxygen atoms in total. The van der Waals surface area contributed by atoms with Crippen LogP contribution < -0.4 is 10.3 Å². The average molecular weight is 309 g/mol. The number of rotatable bonds is 3. The van der Waals surface area contributed by atoms with Gasteiger partial charge in [0, 0.05) is 5.56 Å². The number of amides is 1. The molecule has 0 bridgehead atoms. The number of hydrogen-bond donors (Lipinski definition) is 3. The van der Waals surface area contributed by atoms with Crippen molar-refractivity contribution >= 4 is 27.7 Å². The maximum Gasteiger partial charge on any atom is 0.422 e. The molecule has 19 heavy (non-hydrogen) atoms. The van der Waals surface area contributed by atoms with Crippen LogP contribution in [0.2, 0.25) is 5.02 Å².